The molecule has 0 aromatic heterocycles. The molecule has 1 aromatic rings. The first-order chi connectivity index (χ1) is 9.29. The molecular formula is C12H11BrF4O3. The van der Waals surface area contributed by atoms with E-state index in [0.29, 0.717) is 5.56 Å². The summed E-state index contributed by atoms with van der Waals surface area (Å²) in [5.74, 6) is -4.54. The zero-order valence-electron chi connectivity index (χ0n) is 10.1. The van der Waals surface area contributed by atoms with Crippen LogP contribution < -0.4 is 0 Å². The van der Waals surface area contributed by atoms with Gasteiger partial charge in [-0.15, -0.1) is 0 Å². The maximum absolute atomic E-state index is 13.5. The summed E-state index contributed by atoms with van der Waals surface area (Å²) < 4.78 is 61.6. The van der Waals surface area contributed by atoms with E-state index >= 15 is 0 Å². The van der Waals surface area contributed by atoms with Crippen LogP contribution in [0.4, 0.5) is 17.6 Å². The molecule has 0 aliphatic carbocycles. The van der Waals surface area contributed by atoms with Gasteiger partial charge >= 0.3 is 10.8 Å². The summed E-state index contributed by atoms with van der Waals surface area (Å²) in [6.45, 7) is -1.40. The summed E-state index contributed by atoms with van der Waals surface area (Å²) in [6, 6.07) is 8.17. The van der Waals surface area contributed by atoms with Crippen molar-refractivity contribution in [3.05, 3.63) is 35.9 Å². The fourth-order valence-electron chi connectivity index (χ4n) is 1.34. The molecule has 20 heavy (non-hydrogen) atoms. The van der Waals surface area contributed by atoms with Crippen LogP contribution in [0.1, 0.15) is 5.56 Å². The topological polar surface area (TPSA) is 35.5 Å². The molecule has 0 radical (unpaired) electrons. The van der Waals surface area contributed by atoms with Crippen LogP contribution in [0.25, 0.3) is 0 Å². The molecule has 0 aliphatic heterocycles. The van der Waals surface area contributed by atoms with Gasteiger partial charge in [0.1, 0.15) is 6.61 Å². The van der Waals surface area contributed by atoms with E-state index in [2.05, 4.69) is 4.74 Å². The molecule has 1 aromatic carbocycles. The Labute approximate surface area is 121 Å². The zero-order chi connectivity index (χ0) is 15.2. The number of ether oxygens (including phenoxy) is 2. The third-order valence-corrected chi connectivity index (χ3v) is 2.92. The molecule has 8 heteroatoms. The quantitative estimate of drug-likeness (QED) is 0.406. The van der Waals surface area contributed by atoms with Crippen molar-refractivity contribution in [2.24, 2.45) is 0 Å². The van der Waals surface area contributed by atoms with Crippen LogP contribution >= 0.6 is 15.9 Å². The minimum atomic E-state index is -4.54. The van der Waals surface area contributed by atoms with Crippen LogP contribution in [0.3, 0.4) is 0 Å². The van der Waals surface area contributed by atoms with Crippen molar-refractivity contribution in [2.45, 2.75) is 23.5 Å². The van der Waals surface area contributed by atoms with E-state index in [1.165, 1.54) is 0 Å². The normalized spacial score (nSPS) is 13.8. The van der Waals surface area contributed by atoms with Crippen molar-refractivity contribution in [1.29, 1.82) is 0 Å². The van der Waals surface area contributed by atoms with Crippen LogP contribution in [0, 0.1) is 0 Å². The number of carbonyl (C=O) groups excluding carboxylic acids is 1. The highest BCUT2D eigenvalue weighted by Gasteiger charge is 2.60. The highest BCUT2D eigenvalue weighted by atomic mass is 79.9. The van der Waals surface area contributed by atoms with Crippen LogP contribution in [0.5, 0.6) is 0 Å². The number of rotatable bonds is 8. The Hall–Kier alpha value is -1.15. The van der Waals surface area contributed by atoms with Crippen molar-refractivity contribution in [3.8, 4) is 0 Å². The lowest BCUT2D eigenvalue weighted by Crippen LogP contribution is -2.49. The average Bonchev–Trinajstić information content (AvgIpc) is 2.38. The van der Waals surface area contributed by atoms with E-state index in [9.17, 15) is 22.4 Å². The van der Waals surface area contributed by atoms with Crippen molar-refractivity contribution in [3.63, 3.8) is 0 Å². The summed E-state index contributed by atoms with van der Waals surface area (Å²) >= 11 is 1.61. The van der Waals surface area contributed by atoms with Gasteiger partial charge < -0.3 is 9.47 Å². The molecular weight excluding hydrogens is 348 g/mol. The van der Waals surface area contributed by atoms with E-state index in [1.807, 2.05) is 0 Å². The molecule has 0 heterocycles. The van der Waals surface area contributed by atoms with Crippen molar-refractivity contribution < 1.29 is 31.8 Å². The van der Waals surface area contributed by atoms with Gasteiger partial charge in [-0.3, -0.25) is 4.79 Å². The first-order valence-electron chi connectivity index (χ1n) is 5.44. The van der Waals surface area contributed by atoms with Crippen LogP contribution in [-0.4, -0.2) is 29.9 Å². The smallest absolute Gasteiger partial charge is 0.366 e. The lowest BCUT2D eigenvalue weighted by Gasteiger charge is -2.29. The van der Waals surface area contributed by atoms with Gasteiger partial charge in [-0.1, -0.05) is 30.3 Å². The molecule has 1 atom stereocenters. The first kappa shape index (κ1) is 16.9. The van der Waals surface area contributed by atoms with Gasteiger partial charge in [0.2, 0.25) is 0 Å². The molecule has 0 fully saturated rings. The fraction of sp³-hybridized carbons (Fsp3) is 0.417. The Morgan fingerprint density at radius 3 is 2.30 bits per heavy atom. The van der Waals surface area contributed by atoms with Crippen molar-refractivity contribution in [2.75, 3.05) is 6.61 Å². The minimum absolute atomic E-state index is 0.110. The Morgan fingerprint density at radius 2 is 1.80 bits per heavy atom. The summed E-state index contributed by atoms with van der Waals surface area (Å²) in [6.07, 6.45) is -2.28. The molecule has 112 valence electrons. The summed E-state index contributed by atoms with van der Waals surface area (Å²) in [7, 11) is 0. The molecule has 0 N–H and O–H groups in total. The van der Waals surface area contributed by atoms with Crippen LogP contribution in [0.15, 0.2) is 30.3 Å². The van der Waals surface area contributed by atoms with Gasteiger partial charge in [0, 0.05) is 0 Å². The maximum atomic E-state index is 13.5. The van der Waals surface area contributed by atoms with E-state index in [0.717, 1.165) is 0 Å². The predicted molar refractivity (Wildman–Crippen MR) is 65.9 cm³/mol. The van der Waals surface area contributed by atoms with Gasteiger partial charge in [0.15, 0.2) is 6.10 Å². The standard InChI is InChI=1S/C12H11BrF4O3/c13-12(16,17)11(14,15)10(7-19-8-18)20-6-9-4-2-1-3-5-9/h1-5,8,10H,6-7H2/t10-/m1/s1. The lowest BCUT2D eigenvalue weighted by atomic mass is 10.2. The largest absolute Gasteiger partial charge is 0.465 e. The van der Waals surface area contributed by atoms with Gasteiger partial charge in [0.05, 0.1) is 6.61 Å². The van der Waals surface area contributed by atoms with Crippen molar-refractivity contribution >= 4 is 22.4 Å². The predicted octanol–water partition coefficient (Wildman–Crippen LogP) is 3.37. The molecule has 0 aliphatic rings. The third kappa shape index (κ3) is 4.45. The minimum Gasteiger partial charge on any atom is -0.465 e. The van der Waals surface area contributed by atoms with Gasteiger partial charge in [-0.2, -0.15) is 17.6 Å². The lowest BCUT2D eigenvalue weighted by molar-refractivity contribution is -0.232. The number of benzene rings is 1. The number of halogens is 5. The molecule has 0 unspecified atom stereocenters. The zero-order valence-corrected chi connectivity index (χ0v) is 11.7. The van der Waals surface area contributed by atoms with Crippen LogP contribution in [0.2, 0.25) is 0 Å². The molecule has 0 saturated carbocycles. The molecule has 1 rings (SSSR count). The molecule has 0 amide bonds. The second-order valence-corrected chi connectivity index (χ2v) is 4.83. The Morgan fingerprint density at radius 1 is 1.20 bits per heavy atom. The molecule has 3 nitrogen and oxygen atoms in total. The Bertz CT molecular complexity index is 422. The third-order valence-electron chi connectivity index (χ3n) is 2.39. The highest BCUT2D eigenvalue weighted by Crippen LogP contribution is 2.43. The van der Waals surface area contributed by atoms with Gasteiger partial charge in [0.25, 0.3) is 6.47 Å². The van der Waals surface area contributed by atoms with E-state index in [1.54, 1.807) is 46.3 Å². The second-order valence-electron chi connectivity index (χ2n) is 3.84. The summed E-state index contributed by atoms with van der Waals surface area (Å²) in [4.78, 5) is 5.56. The number of hydrogen-bond acceptors (Lipinski definition) is 3. The molecule has 0 bridgehead atoms. The monoisotopic (exact) mass is 358 g/mol. The van der Waals surface area contributed by atoms with Gasteiger partial charge in [-0.25, -0.2) is 0 Å². The summed E-state index contributed by atoms with van der Waals surface area (Å²) in [5, 5.41) is 0. The average molecular weight is 359 g/mol. The molecule has 0 saturated heterocycles. The Kier molecular flexibility index (Phi) is 5.94. The van der Waals surface area contributed by atoms with E-state index in [-0.39, 0.29) is 13.1 Å². The fourth-order valence-corrected chi connectivity index (χ4v) is 1.59. The number of hydrogen-bond donors (Lipinski definition) is 0. The second kappa shape index (κ2) is 7.03. The van der Waals surface area contributed by atoms with E-state index in [4.69, 9.17) is 4.74 Å². The molecule has 0 spiro atoms. The maximum Gasteiger partial charge on any atom is 0.366 e. The van der Waals surface area contributed by atoms with E-state index < -0.39 is 23.5 Å². The number of carbonyl (C=O) groups is 1. The van der Waals surface area contributed by atoms with Crippen LogP contribution in [-0.2, 0) is 20.9 Å². The SMILES string of the molecule is O=COC[C@@H](OCc1ccccc1)C(F)(F)C(F)(F)Br. The summed E-state index contributed by atoms with van der Waals surface area (Å²) in [5.41, 5.74) is 0.525. The number of alkyl halides is 5. The first-order valence-corrected chi connectivity index (χ1v) is 6.23. The van der Waals surface area contributed by atoms with Gasteiger partial charge in [-0.05, 0) is 21.5 Å². The van der Waals surface area contributed by atoms with Crippen molar-refractivity contribution in [1.82, 2.24) is 0 Å². The highest BCUT2D eigenvalue weighted by molar-refractivity contribution is 9.10. The Balaban J connectivity index is 2.76.